The van der Waals surface area contributed by atoms with E-state index in [-0.39, 0.29) is 18.1 Å². The zero-order chi connectivity index (χ0) is 10.3. The third-order valence-electron chi connectivity index (χ3n) is 3.61. The van der Waals surface area contributed by atoms with Crippen molar-refractivity contribution in [1.29, 1.82) is 5.26 Å². The molecule has 0 spiro atoms. The highest BCUT2D eigenvalue weighted by Gasteiger charge is 2.57. The van der Waals surface area contributed by atoms with Gasteiger partial charge < -0.3 is 9.84 Å². The lowest BCUT2D eigenvalue weighted by molar-refractivity contribution is -0.0194. The van der Waals surface area contributed by atoms with Crippen molar-refractivity contribution in [2.24, 2.45) is 11.3 Å². The maximum atomic E-state index is 10.1. The van der Waals surface area contributed by atoms with Crippen LogP contribution in [0.25, 0.3) is 0 Å². The molecule has 2 aliphatic heterocycles. The number of aliphatic hydroxyl groups excluding tert-OH is 1. The van der Waals surface area contributed by atoms with Gasteiger partial charge in [0.25, 0.3) is 0 Å². The molecule has 3 nitrogen and oxygen atoms in total. The molecule has 0 amide bonds. The fraction of sp³-hybridized carbons (Fsp3) is 0.909. The van der Waals surface area contributed by atoms with E-state index in [4.69, 9.17) is 4.74 Å². The van der Waals surface area contributed by atoms with Crippen molar-refractivity contribution in [2.45, 2.75) is 51.4 Å². The summed E-state index contributed by atoms with van der Waals surface area (Å²) in [6, 6.07) is 2.31. The third kappa shape index (κ3) is 1.18. The minimum atomic E-state index is -0.628. The first-order chi connectivity index (χ1) is 6.60. The molecule has 4 atom stereocenters. The lowest BCUT2D eigenvalue weighted by atomic mass is 9.68. The van der Waals surface area contributed by atoms with E-state index in [0.29, 0.717) is 6.42 Å². The van der Waals surface area contributed by atoms with Crippen molar-refractivity contribution in [3.8, 4) is 6.07 Å². The van der Waals surface area contributed by atoms with Gasteiger partial charge in [0, 0.05) is 0 Å². The number of nitriles is 1. The van der Waals surface area contributed by atoms with Crippen LogP contribution in [0.2, 0.25) is 0 Å². The molecule has 4 unspecified atom stereocenters. The molecule has 2 bridgehead atoms. The van der Waals surface area contributed by atoms with E-state index in [1.807, 2.05) is 13.8 Å². The predicted octanol–water partition coefficient (Wildman–Crippen LogP) is 1.46. The first kappa shape index (κ1) is 9.95. The Kier molecular flexibility index (Phi) is 2.29. The van der Waals surface area contributed by atoms with Crippen LogP contribution in [-0.4, -0.2) is 23.4 Å². The largest absolute Gasteiger partial charge is 0.391 e. The Labute approximate surface area is 84.7 Å². The summed E-state index contributed by atoms with van der Waals surface area (Å²) < 4.78 is 5.67. The van der Waals surface area contributed by atoms with Crippen LogP contribution in [0.3, 0.4) is 0 Å². The second-order valence-electron chi connectivity index (χ2n) is 4.87. The Morgan fingerprint density at radius 1 is 1.50 bits per heavy atom. The second kappa shape index (κ2) is 3.22. The molecule has 2 heterocycles. The molecule has 1 N–H and O–H groups in total. The number of aliphatic hydroxyl groups is 1. The highest BCUT2D eigenvalue weighted by molar-refractivity contribution is 5.16. The minimum Gasteiger partial charge on any atom is -0.391 e. The molecule has 2 fully saturated rings. The highest BCUT2D eigenvalue weighted by Crippen LogP contribution is 2.50. The lowest BCUT2D eigenvalue weighted by Gasteiger charge is -2.35. The van der Waals surface area contributed by atoms with Gasteiger partial charge in [-0.15, -0.1) is 0 Å². The van der Waals surface area contributed by atoms with Gasteiger partial charge in [0.15, 0.2) is 0 Å². The summed E-state index contributed by atoms with van der Waals surface area (Å²) >= 11 is 0. The van der Waals surface area contributed by atoms with Gasteiger partial charge in [-0.05, 0) is 25.2 Å². The number of rotatable bonds is 2. The topological polar surface area (TPSA) is 53.2 Å². The van der Waals surface area contributed by atoms with E-state index in [1.54, 1.807) is 0 Å². The summed E-state index contributed by atoms with van der Waals surface area (Å²) in [5.41, 5.74) is -0.628. The van der Waals surface area contributed by atoms with E-state index in [2.05, 4.69) is 6.07 Å². The molecule has 0 aromatic rings. The molecule has 0 radical (unpaired) electrons. The van der Waals surface area contributed by atoms with Crippen LogP contribution < -0.4 is 0 Å². The number of ether oxygens (including phenoxy) is 1. The summed E-state index contributed by atoms with van der Waals surface area (Å²) in [5, 5.41) is 19.4. The van der Waals surface area contributed by atoms with Gasteiger partial charge >= 0.3 is 0 Å². The number of fused-ring (bicyclic) bond motifs is 2. The first-order valence-corrected chi connectivity index (χ1v) is 5.35. The molecular weight excluding hydrogens is 178 g/mol. The summed E-state index contributed by atoms with van der Waals surface area (Å²) in [7, 11) is 0. The van der Waals surface area contributed by atoms with Gasteiger partial charge in [0.05, 0.1) is 24.4 Å². The average Bonchev–Trinajstić information content (AvgIpc) is 2.75. The first-order valence-electron chi connectivity index (χ1n) is 5.35. The van der Waals surface area contributed by atoms with Gasteiger partial charge in [-0.3, -0.25) is 0 Å². The SMILES string of the molecule is CC(C)C(O)C1(C#N)CC2CCC1O2. The predicted molar refractivity (Wildman–Crippen MR) is 51.4 cm³/mol. The van der Waals surface area contributed by atoms with Crippen LogP contribution in [0.4, 0.5) is 0 Å². The van der Waals surface area contributed by atoms with E-state index in [9.17, 15) is 10.4 Å². The van der Waals surface area contributed by atoms with Crippen molar-refractivity contribution < 1.29 is 9.84 Å². The Hall–Kier alpha value is -0.590. The van der Waals surface area contributed by atoms with Crippen molar-refractivity contribution in [1.82, 2.24) is 0 Å². The Bertz CT molecular complexity index is 271. The lowest BCUT2D eigenvalue weighted by Crippen LogP contribution is -2.44. The van der Waals surface area contributed by atoms with Crippen LogP contribution in [0, 0.1) is 22.7 Å². The maximum absolute atomic E-state index is 10.1. The van der Waals surface area contributed by atoms with Crippen LogP contribution in [0.1, 0.15) is 33.1 Å². The average molecular weight is 195 g/mol. The third-order valence-corrected chi connectivity index (χ3v) is 3.61. The van der Waals surface area contributed by atoms with E-state index < -0.39 is 11.5 Å². The van der Waals surface area contributed by atoms with E-state index >= 15 is 0 Å². The molecule has 0 saturated carbocycles. The van der Waals surface area contributed by atoms with Crippen LogP contribution in [0.5, 0.6) is 0 Å². The Morgan fingerprint density at radius 2 is 2.21 bits per heavy atom. The van der Waals surface area contributed by atoms with Gasteiger partial charge in [0.2, 0.25) is 0 Å². The molecule has 2 aliphatic rings. The van der Waals surface area contributed by atoms with Crippen LogP contribution in [-0.2, 0) is 4.74 Å². The Morgan fingerprint density at radius 3 is 2.57 bits per heavy atom. The van der Waals surface area contributed by atoms with E-state index in [0.717, 1.165) is 12.8 Å². The number of hydrogen-bond acceptors (Lipinski definition) is 3. The van der Waals surface area contributed by atoms with Gasteiger partial charge in [-0.1, -0.05) is 13.8 Å². The summed E-state index contributed by atoms with van der Waals surface area (Å²) in [5.74, 6) is 0.123. The molecule has 78 valence electrons. The molecule has 0 aliphatic carbocycles. The minimum absolute atomic E-state index is 0.0325. The van der Waals surface area contributed by atoms with Gasteiger partial charge in [0.1, 0.15) is 5.41 Å². The van der Waals surface area contributed by atoms with E-state index in [1.165, 1.54) is 0 Å². The highest BCUT2D eigenvalue weighted by atomic mass is 16.5. The van der Waals surface area contributed by atoms with Gasteiger partial charge in [-0.25, -0.2) is 0 Å². The zero-order valence-corrected chi connectivity index (χ0v) is 8.73. The molecular formula is C11H17NO2. The molecule has 0 aromatic carbocycles. The molecule has 2 rings (SSSR count). The van der Waals surface area contributed by atoms with Crippen LogP contribution in [0.15, 0.2) is 0 Å². The van der Waals surface area contributed by atoms with Crippen molar-refractivity contribution >= 4 is 0 Å². The fourth-order valence-electron chi connectivity index (χ4n) is 2.83. The standard InChI is InChI=1S/C11H17NO2/c1-7(2)10(13)11(6-12)5-8-3-4-9(11)14-8/h7-10,13H,3-5H2,1-2H3. The normalized spacial score (nSPS) is 42.8. The summed E-state index contributed by atoms with van der Waals surface area (Å²) in [4.78, 5) is 0. The zero-order valence-electron chi connectivity index (χ0n) is 8.73. The molecule has 14 heavy (non-hydrogen) atoms. The second-order valence-corrected chi connectivity index (χ2v) is 4.87. The molecule has 3 heteroatoms. The smallest absolute Gasteiger partial charge is 0.112 e. The number of hydrogen-bond donors (Lipinski definition) is 1. The van der Waals surface area contributed by atoms with Crippen LogP contribution >= 0.6 is 0 Å². The summed E-state index contributed by atoms with van der Waals surface area (Å²) in [6.45, 7) is 3.91. The van der Waals surface area contributed by atoms with Gasteiger partial charge in [-0.2, -0.15) is 5.26 Å². The van der Waals surface area contributed by atoms with Crippen molar-refractivity contribution in [3.05, 3.63) is 0 Å². The monoisotopic (exact) mass is 195 g/mol. The summed E-state index contributed by atoms with van der Waals surface area (Å²) in [6.07, 6.45) is 2.33. The maximum Gasteiger partial charge on any atom is 0.112 e. The number of nitrogens with zero attached hydrogens (tertiary/aromatic N) is 1. The Balaban J connectivity index is 2.24. The van der Waals surface area contributed by atoms with Crippen molar-refractivity contribution in [3.63, 3.8) is 0 Å². The molecule has 2 saturated heterocycles. The molecule has 0 aromatic heterocycles. The fourth-order valence-corrected chi connectivity index (χ4v) is 2.83. The van der Waals surface area contributed by atoms with Crippen molar-refractivity contribution in [2.75, 3.05) is 0 Å². The quantitative estimate of drug-likeness (QED) is 0.725.